The van der Waals surface area contributed by atoms with Gasteiger partial charge >= 0.3 is 5.82 Å². The van der Waals surface area contributed by atoms with Crippen molar-refractivity contribution in [3.8, 4) is 0 Å². The Morgan fingerprint density at radius 2 is 2.06 bits per heavy atom. The first-order valence-corrected chi connectivity index (χ1v) is 6.28. The zero-order chi connectivity index (χ0) is 13.4. The normalized spacial score (nSPS) is 18.7. The molecule has 0 saturated carbocycles. The molecular weight excluding hydrogens is 234 g/mol. The molecule has 0 aromatic carbocycles. The SMILES string of the molecule is CC(C)c1nc(C(C)C)n(CC2CO2)c1[N+](=O)[O-]. The minimum absolute atomic E-state index is 0.0456. The Labute approximate surface area is 106 Å². The second-order valence-corrected chi connectivity index (χ2v) is 5.31. The van der Waals surface area contributed by atoms with Crippen molar-refractivity contribution < 1.29 is 9.66 Å². The molecule has 0 radical (unpaired) electrons. The lowest BCUT2D eigenvalue weighted by molar-refractivity contribution is -0.393. The van der Waals surface area contributed by atoms with Gasteiger partial charge in [0.15, 0.2) is 5.82 Å². The molecule has 1 aromatic rings. The van der Waals surface area contributed by atoms with Gasteiger partial charge in [-0.1, -0.05) is 27.7 Å². The van der Waals surface area contributed by atoms with Gasteiger partial charge in [-0.3, -0.25) is 0 Å². The number of rotatable bonds is 5. The van der Waals surface area contributed by atoms with Crippen molar-refractivity contribution in [1.29, 1.82) is 0 Å². The summed E-state index contributed by atoms with van der Waals surface area (Å²) in [7, 11) is 0. The standard InChI is InChI=1S/C12H19N3O3/c1-7(2)10-12(15(16)17)14(5-9-6-18-9)11(13-10)8(3)4/h7-9H,5-6H2,1-4H3. The summed E-state index contributed by atoms with van der Waals surface area (Å²) < 4.78 is 6.90. The fourth-order valence-electron chi connectivity index (χ4n) is 2.06. The van der Waals surface area contributed by atoms with Gasteiger partial charge in [-0.25, -0.2) is 9.55 Å². The summed E-state index contributed by atoms with van der Waals surface area (Å²) in [6, 6.07) is 0. The van der Waals surface area contributed by atoms with Crippen molar-refractivity contribution in [2.75, 3.05) is 6.61 Å². The molecule has 0 N–H and O–H groups in total. The van der Waals surface area contributed by atoms with Crippen LogP contribution in [0.15, 0.2) is 0 Å². The van der Waals surface area contributed by atoms with E-state index in [9.17, 15) is 10.1 Å². The maximum absolute atomic E-state index is 11.3. The zero-order valence-corrected chi connectivity index (χ0v) is 11.2. The summed E-state index contributed by atoms with van der Waals surface area (Å²) >= 11 is 0. The van der Waals surface area contributed by atoms with Gasteiger partial charge in [0.05, 0.1) is 6.61 Å². The monoisotopic (exact) mass is 253 g/mol. The summed E-state index contributed by atoms with van der Waals surface area (Å²) in [6.07, 6.45) is 0.107. The fourth-order valence-corrected chi connectivity index (χ4v) is 2.06. The Morgan fingerprint density at radius 3 is 2.44 bits per heavy atom. The lowest BCUT2D eigenvalue weighted by Gasteiger charge is -2.05. The van der Waals surface area contributed by atoms with Crippen molar-refractivity contribution in [2.24, 2.45) is 0 Å². The van der Waals surface area contributed by atoms with E-state index in [1.807, 2.05) is 27.7 Å². The highest BCUT2D eigenvalue weighted by atomic mass is 16.6. The van der Waals surface area contributed by atoms with E-state index in [2.05, 4.69) is 4.98 Å². The molecule has 1 aromatic heterocycles. The van der Waals surface area contributed by atoms with Gasteiger partial charge in [0.1, 0.15) is 18.3 Å². The molecule has 1 saturated heterocycles. The van der Waals surface area contributed by atoms with Gasteiger partial charge in [0.25, 0.3) is 0 Å². The molecule has 0 aliphatic carbocycles. The first-order valence-electron chi connectivity index (χ1n) is 6.28. The highest BCUT2D eigenvalue weighted by molar-refractivity contribution is 5.34. The molecule has 2 rings (SSSR count). The van der Waals surface area contributed by atoms with Crippen LogP contribution in [0.2, 0.25) is 0 Å². The van der Waals surface area contributed by atoms with Gasteiger partial charge in [0.2, 0.25) is 0 Å². The van der Waals surface area contributed by atoms with Gasteiger partial charge in [-0.15, -0.1) is 0 Å². The summed E-state index contributed by atoms with van der Waals surface area (Å²) in [5, 5.41) is 11.3. The predicted molar refractivity (Wildman–Crippen MR) is 66.8 cm³/mol. The number of aromatic nitrogens is 2. The van der Waals surface area contributed by atoms with Gasteiger partial charge in [-0.2, -0.15) is 0 Å². The zero-order valence-electron chi connectivity index (χ0n) is 11.2. The van der Waals surface area contributed by atoms with Crippen LogP contribution in [-0.2, 0) is 11.3 Å². The Bertz CT molecular complexity index is 461. The third-order valence-corrected chi connectivity index (χ3v) is 3.02. The fraction of sp³-hybridized carbons (Fsp3) is 0.750. The highest BCUT2D eigenvalue weighted by Gasteiger charge is 2.35. The Balaban J connectivity index is 2.51. The predicted octanol–water partition coefficient (Wildman–Crippen LogP) is 2.44. The van der Waals surface area contributed by atoms with Crippen molar-refractivity contribution in [1.82, 2.24) is 9.55 Å². The molecule has 1 aliphatic heterocycles. The third-order valence-electron chi connectivity index (χ3n) is 3.02. The van der Waals surface area contributed by atoms with Crippen LogP contribution in [0.1, 0.15) is 51.0 Å². The van der Waals surface area contributed by atoms with E-state index in [1.165, 1.54) is 0 Å². The lowest BCUT2D eigenvalue weighted by atomic mass is 10.1. The van der Waals surface area contributed by atoms with Crippen molar-refractivity contribution in [3.05, 3.63) is 21.6 Å². The molecule has 18 heavy (non-hydrogen) atoms. The second kappa shape index (κ2) is 4.68. The third kappa shape index (κ3) is 2.38. The van der Waals surface area contributed by atoms with E-state index in [1.54, 1.807) is 4.57 Å². The topological polar surface area (TPSA) is 73.5 Å². The Morgan fingerprint density at radius 1 is 1.44 bits per heavy atom. The molecule has 100 valence electrons. The van der Waals surface area contributed by atoms with Gasteiger partial charge in [0, 0.05) is 11.8 Å². The summed E-state index contributed by atoms with van der Waals surface area (Å²) in [5.41, 5.74) is 0.573. The van der Waals surface area contributed by atoms with Crippen LogP contribution in [0.4, 0.5) is 5.82 Å². The average molecular weight is 253 g/mol. The quantitative estimate of drug-likeness (QED) is 0.459. The van der Waals surface area contributed by atoms with Crippen LogP contribution >= 0.6 is 0 Å². The van der Waals surface area contributed by atoms with Gasteiger partial charge < -0.3 is 14.9 Å². The van der Waals surface area contributed by atoms with Crippen LogP contribution in [0.25, 0.3) is 0 Å². The van der Waals surface area contributed by atoms with E-state index in [0.29, 0.717) is 18.8 Å². The highest BCUT2D eigenvalue weighted by Crippen LogP contribution is 2.31. The van der Waals surface area contributed by atoms with Crippen LogP contribution in [0.3, 0.4) is 0 Å². The van der Waals surface area contributed by atoms with Crippen LogP contribution in [0, 0.1) is 10.1 Å². The maximum Gasteiger partial charge on any atom is 0.346 e. The van der Waals surface area contributed by atoms with Crippen LogP contribution < -0.4 is 0 Å². The van der Waals surface area contributed by atoms with Crippen LogP contribution in [-0.4, -0.2) is 27.2 Å². The smallest absolute Gasteiger partial charge is 0.346 e. The molecule has 1 atom stereocenters. The maximum atomic E-state index is 11.3. The summed E-state index contributed by atoms with van der Waals surface area (Å²) in [6.45, 7) is 9.07. The summed E-state index contributed by atoms with van der Waals surface area (Å²) in [4.78, 5) is 15.4. The number of hydrogen-bond donors (Lipinski definition) is 0. The number of nitrogens with zero attached hydrogens (tertiary/aromatic N) is 3. The van der Waals surface area contributed by atoms with Crippen molar-refractivity contribution in [2.45, 2.75) is 52.2 Å². The Hall–Kier alpha value is -1.43. The lowest BCUT2D eigenvalue weighted by Crippen LogP contribution is -2.12. The number of nitro groups is 1. The van der Waals surface area contributed by atoms with E-state index in [4.69, 9.17) is 4.74 Å². The average Bonchev–Trinajstić information content (AvgIpc) is 2.95. The largest absolute Gasteiger partial charge is 0.369 e. The van der Waals surface area contributed by atoms with E-state index in [-0.39, 0.29) is 28.7 Å². The number of hydrogen-bond acceptors (Lipinski definition) is 4. The number of epoxide rings is 1. The Kier molecular flexibility index (Phi) is 3.38. The molecule has 1 unspecified atom stereocenters. The number of ether oxygens (including phenoxy) is 1. The second-order valence-electron chi connectivity index (χ2n) is 5.31. The summed E-state index contributed by atoms with van der Waals surface area (Å²) in [5.74, 6) is 1.12. The minimum Gasteiger partial charge on any atom is -0.369 e. The molecule has 2 heterocycles. The number of imidazole rings is 1. The molecule has 1 fully saturated rings. The van der Waals surface area contributed by atoms with E-state index in [0.717, 1.165) is 5.82 Å². The minimum atomic E-state index is -0.323. The first-order chi connectivity index (χ1) is 8.41. The molecule has 1 aliphatic rings. The molecule has 6 heteroatoms. The van der Waals surface area contributed by atoms with Crippen molar-refractivity contribution >= 4 is 5.82 Å². The molecular formula is C12H19N3O3. The molecule has 0 bridgehead atoms. The first kappa shape index (κ1) is 13.0. The van der Waals surface area contributed by atoms with Gasteiger partial charge in [-0.05, 0) is 4.92 Å². The molecule has 6 nitrogen and oxygen atoms in total. The van der Waals surface area contributed by atoms with E-state index < -0.39 is 0 Å². The molecule has 0 amide bonds. The van der Waals surface area contributed by atoms with Crippen LogP contribution in [0.5, 0.6) is 0 Å². The molecule has 0 spiro atoms. The van der Waals surface area contributed by atoms with Crippen molar-refractivity contribution in [3.63, 3.8) is 0 Å². The van der Waals surface area contributed by atoms with E-state index >= 15 is 0 Å².